The fraction of sp³-hybridized carbons (Fsp3) is 1.00. The van der Waals surface area contributed by atoms with E-state index in [4.69, 9.17) is 5.11 Å². The monoisotopic (exact) mass is 399 g/mol. The maximum atomic E-state index is 8.95. The third kappa shape index (κ3) is 13.6. The zero-order valence-corrected chi connectivity index (χ0v) is 16.3. The molecule has 0 aromatic carbocycles. The number of aliphatic hydroxyl groups excluding tert-OH is 1. The van der Waals surface area contributed by atoms with Crippen molar-refractivity contribution in [3.05, 3.63) is 0 Å². The third-order valence-electron chi connectivity index (χ3n) is 4.21. The van der Waals surface area contributed by atoms with Gasteiger partial charge in [-0.1, -0.05) is 39.5 Å². The van der Waals surface area contributed by atoms with Crippen molar-refractivity contribution in [2.24, 2.45) is 0 Å². The number of hydrogen-bond acceptors (Lipinski definition) is 1. The van der Waals surface area contributed by atoms with E-state index >= 15 is 0 Å². The topological polar surface area (TPSA) is 20.2 Å². The van der Waals surface area contributed by atoms with Gasteiger partial charge in [0, 0.05) is 6.61 Å². The summed E-state index contributed by atoms with van der Waals surface area (Å²) in [4.78, 5) is 0. The lowest BCUT2D eigenvalue weighted by Crippen LogP contribution is -3.00. The molecule has 124 valence electrons. The summed E-state index contributed by atoms with van der Waals surface area (Å²) < 4.78 is 1.23. The zero-order valence-electron chi connectivity index (χ0n) is 14.2. The van der Waals surface area contributed by atoms with Crippen molar-refractivity contribution in [1.82, 2.24) is 0 Å². The highest BCUT2D eigenvalue weighted by atomic mass is 127. The molecular formula is C17H38INO. The Morgan fingerprint density at radius 2 is 1.05 bits per heavy atom. The Kier molecular flexibility index (Phi) is 18.4. The van der Waals surface area contributed by atoms with Gasteiger partial charge in [0.15, 0.2) is 0 Å². The van der Waals surface area contributed by atoms with E-state index in [2.05, 4.69) is 20.9 Å². The van der Waals surface area contributed by atoms with Crippen LogP contribution in [-0.2, 0) is 0 Å². The molecule has 0 fully saturated rings. The van der Waals surface area contributed by atoms with Crippen molar-refractivity contribution in [1.29, 1.82) is 0 Å². The number of hydrogen-bond donors (Lipinski definition) is 1. The van der Waals surface area contributed by atoms with Gasteiger partial charge in [-0.2, -0.15) is 0 Å². The first kappa shape index (κ1) is 22.9. The number of rotatable bonds is 14. The predicted octanol–water partition coefficient (Wildman–Crippen LogP) is 1.37. The highest BCUT2D eigenvalue weighted by molar-refractivity contribution is 4.48. The zero-order chi connectivity index (χ0) is 14.4. The van der Waals surface area contributed by atoms with Crippen LogP contribution in [0.3, 0.4) is 0 Å². The lowest BCUT2D eigenvalue weighted by atomic mass is 10.1. The SMILES string of the molecule is CCCCCC[N+](C)(CCCCO)CCCCCC.[I-]. The summed E-state index contributed by atoms with van der Waals surface area (Å²) in [6, 6.07) is 0. The summed E-state index contributed by atoms with van der Waals surface area (Å²) in [7, 11) is 2.43. The highest BCUT2D eigenvalue weighted by Gasteiger charge is 2.19. The van der Waals surface area contributed by atoms with E-state index in [1.54, 1.807) is 0 Å². The van der Waals surface area contributed by atoms with Gasteiger partial charge in [0.2, 0.25) is 0 Å². The minimum absolute atomic E-state index is 0. The van der Waals surface area contributed by atoms with Crippen molar-refractivity contribution in [3.8, 4) is 0 Å². The molecule has 0 bridgehead atoms. The summed E-state index contributed by atoms with van der Waals surface area (Å²) in [6.45, 7) is 8.82. The lowest BCUT2D eigenvalue weighted by Gasteiger charge is -2.35. The van der Waals surface area contributed by atoms with E-state index in [9.17, 15) is 0 Å². The normalized spacial score (nSPS) is 11.4. The van der Waals surface area contributed by atoms with Gasteiger partial charge in [-0.15, -0.1) is 0 Å². The van der Waals surface area contributed by atoms with E-state index in [1.807, 2.05) is 0 Å². The summed E-state index contributed by atoms with van der Waals surface area (Å²) in [5.41, 5.74) is 0. The fourth-order valence-corrected chi connectivity index (χ4v) is 2.78. The van der Waals surface area contributed by atoms with Crippen molar-refractivity contribution < 1.29 is 33.6 Å². The Morgan fingerprint density at radius 1 is 0.650 bits per heavy atom. The van der Waals surface area contributed by atoms with Crippen LogP contribution < -0.4 is 24.0 Å². The summed E-state index contributed by atoms with van der Waals surface area (Å²) in [5, 5.41) is 8.95. The molecule has 3 heteroatoms. The van der Waals surface area contributed by atoms with Crippen LogP contribution in [0.25, 0.3) is 0 Å². The van der Waals surface area contributed by atoms with Crippen molar-refractivity contribution in [3.63, 3.8) is 0 Å². The molecule has 20 heavy (non-hydrogen) atoms. The molecular weight excluding hydrogens is 361 g/mol. The molecule has 0 aliphatic carbocycles. The smallest absolute Gasteiger partial charge is 0.0785 e. The van der Waals surface area contributed by atoms with Gasteiger partial charge in [-0.3, -0.25) is 0 Å². The van der Waals surface area contributed by atoms with Crippen molar-refractivity contribution in [2.45, 2.75) is 78.1 Å². The van der Waals surface area contributed by atoms with E-state index < -0.39 is 0 Å². The summed E-state index contributed by atoms with van der Waals surface area (Å²) in [6.07, 6.45) is 13.1. The van der Waals surface area contributed by atoms with Gasteiger partial charge in [0.1, 0.15) is 0 Å². The van der Waals surface area contributed by atoms with Crippen LogP contribution in [0.15, 0.2) is 0 Å². The van der Waals surface area contributed by atoms with Crippen LogP contribution in [0.5, 0.6) is 0 Å². The average Bonchev–Trinajstić information content (AvgIpc) is 2.41. The van der Waals surface area contributed by atoms with Gasteiger partial charge in [-0.25, -0.2) is 0 Å². The Morgan fingerprint density at radius 3 is 1.40 bits per heavy atom. The molecule has 1 N–H and O–H groups in total. The first-order chi connectivity index (χ1) is 9.18. The molecule has 0 heterocycles. The number of halogens is 1. The molecule has 0 atom stereocenters. The molecule has 0 saturated carbocycles. The van der Waals surface area contributed by atoms with Gasteiger partial charge in [-0.05, 0) is 38.5 Å². The van der Waals surface area contributed by atoms with Crippen molar-refractivity contribution >= 4 is 0 Å². The molecule has 0 aliphatic rings. The Hall–Kier alpha value is 0.650. The molecule has 0 saturated heterocycles. The van der Waals surface area contributed by atoms with Gasteiger partial charge >= 0.3 is 0 Å². The molecule has 0 spiro atoms. The van der Waals surface area contributed by atoms with Crippen LogP contribution in [0, 0.1) is 0 Å². The predicted molar refractivity (Wildman–Crippen MR) is 85.4 cm³/mol. The molecule has 0 rings (SSSR count). The van der Waals surface area contributed by atoms with E-state index in [0.717, 1.165) is 6.42 Å². The molecule has 0 aromatic heterocycles. The van der Waals surface area contributed by atoms with Gasteiger partial charge in [0.25, 0.3) is 0 Å². The number of aliphatic hydroxyl groups is 1. The van der Waals surface area contributed by atoms with Crippen molar-refractivity contribution in [2.75, 3.05) is 33.3 Å². The second kappa shape index (κ2) is 16.0. The van der Waals surface area contributed by atoms with Crippen LogP contribution in [0.1, 0.15) is 78.1 Å². The quantitative estimate of drug-likeness (QED) is 0.266. The summed E-state index contributed by atoms with van der Waals surface area (Å²) in [5.74, 6) is 0. The first-order valence-corrected chi connectivity index (χ1v) is 8.63. The Labute approximate surface area is 144 Å². The van der Waals surface area contributed by atoms with Gasteiger partial charge < -0.3 is 33.6 Å². The molecule has 0 radical (unpaired) electrons. The second-order valence-electron chi connectivity index (χ2n) is 6.34. The molecule has 0 amide bonds. The average molecular weight is 399 g/mol. The van der Waals surface area contributed by atoms with Gasteiger partial charge in [0.05, 0.1) is 26.7 Å². The molecule has 2 nitrogen and oxygen atoms in total. The number of unbranched alkanes of at least 4 members (excludes halogenated alkanes) is 7. The standard InChI is InChI=1S/C17H38NO.HI/c1-4-6-8-10-14-18(3,16-12-13-17-19)15-11-9-7-5-2;/h19H,4-17H2,1-3H3;1H/q+1;/p-1. The maximum absolute atomic E-state index is 8.95. The van der Waals surface area contributed by atoms with Crippen LogP contribution in [0.2, 0.25) is 0 Å². The van der Waals surface area contributed by atoms with E-state index in [1.165, 1.54) is 81.9 Å². The fourth-order valence-electron chi connectivity index (χ4n) is 2.78. The second-order valence-corrected chi connectivity index (χ2v) is 6.34. The third-order valence-corrected chi connectivity index (χ3v) is 4.21. The molecule has 0 aromatic rings. The van der Waals surface area contributed by atoms with Crippen LogP contribution in [-0.4, -0.2) is 42.9 Å². The molecule has 0 unspecified atom stereocenters. The Bertz CT molecular complexity index is 176. The van der Waals surface area contributed by atoms with E-state index in [0.29, 0.717) is 6.61 Å². The number of nitrogens with zero attached hydrogens (tertiary/aromatic N) is 1. The largest absolute Gasteiger partial charge is 1.00 e. The first-order valence-electron chi connectivity index (χ1n) is 8.63. The number of quaternary nitrogens is 1. The van der Waals surface area contributed by atoms with Crippen LogP contribution in [0.4, 0.5) is 0 Å². The Balaban J connectivity index is 0. The highest BCUT2D eigenvalue weighted by Crippen LogP contribution is 2.13. The molecule has 0 aliphatic heterocycles. The minimum atomic E-state index is 0. The summed E-state index contributed by atoms with van der Waals surface area (Å²) >= 11 is 0. The van der Waals surface area contributed by atoms with Crippen LogP contribution >= 0.6 is 0 Å². The minimum Gasteiger partial charge on any atom is -1.00 e. The van der Waals surface area contributed by atoms with E-state index in [-0.39, 0.29) is 24.0 Å². The maximum Gasteiger partial charge on any atom is 0.0785 e. The lowest BCUT2D eigenvalue weighted by molar-refractivity contribution is -0.910.